The summed E-state index contributed by atoms with van der Waals surface area (Å²) in [5.74, 6) is 0.939. The molecule has 0 amide bonds. The van der Waals surface area contributed by atoms with Gasteiger partial charge >= 0.3 is 0 Å². The van der Waals surface area contributed by atoms with E-state index in [-0.39, 0.29) is 0 Å². The van der Waals surface area contributed by atoms with E-state index >= 15 is 0 Å². The van der Waals surface area contributed by atoms with E-state index in [1.807, 2.05) is 0 Å². The molecule has 288 valence electrons. The second-order valence-corrected chi connectivity index (χ2v) is 16.3. The van der Waals surface area contributed by atoms with Gasteiger partial charge in [0.15, 0.2) is 0 Å². The van der Waals surface area contributed by atoms with Crippen LogP contribution < -0.4 is 4.90 Å². The normalized spacial score (nSPS) is 12.2. The first-order chi connectivity index (χ1) is 30.7. The number of benzene rings is 11. The lowest BCUT2D eigenvalue weighted by atomic mass is 9.84. The lowest BCUT2D eigenvalue weighted by Gasteiger charge is -2.33. The summed E-state index contributed by atoms with van der Waals surface area (Å²) >= 11 is 0. The Morgan fingerprint density at radius 2 is 0.855 bits per heavy atom. The van der Waals surface area contributed by atoms with Crippen LogP contribution in [0, 0.1) is 0 Å². The fraction of sp³-hybridized carbons (Fsp3) is 0. The first kappa shape index (κ1) is 34.6. The third kappa shape index (κ3) is 5.28. The maximum atomic E-state index is 5.26. The van der Waals surface area contributed by atoms with Crippen molar-refractivity contribution in [1.82, 2.24) is 9.55 Å². The van der Waals surface area contributed by atoms with Crippen LogP contribution in [0.5, 0.6) is 0 Å². The fourth-order valence-corrected chi connectivity index (χ4v) is 10.0. The van der Waals surface area contributed by atoms with Crippen molar-refractivity contribution in [2.24, 2.45) is 0 Å². The summed E-state index contributed by atoms with van der Waals surface area (Å²) in [6, 6.07) is 82.0. The van der Waals surface area contributed by atoms with E-state index in [0.29, 0.717) is 0 Å². The first-order valence-corrected chi connectivity index (χ1v) is 21.3. The number of para-hydroxylation sites is 2. The molecule has 3 nitrogen and oxygen atoms in total. The molecule has 0 fully saturated rings. The van der Waals surface area contributed by atoms with Gasteiger partial charge in [-0.15, -0.1) is 0 Å². The van der Waals surface area contributed by atoms with Crippen molar-refractivity contribution in [3.63, 3.8) is 0 Å². The molecule has 0 bridgehead atoms. The smallest absolute Gasteiger partial charge is 0.145 e. The highest BCUT2D eigenvalue weighted by Gasteiger charge is 2.30. The summed E-state index contributed by atoms with van der Waals surface area (Å²) in [6.07, 6.45) is 0. The van der Waals surface area contributed by atoms with Crippen LogP contribution in [-0.4, -0.2) is 9.55 Å². The minimum absolute atomic E-state index is 0.939. The van der Waals surface area contributed by atoms with Gasteiger partial charge in [0.25, 0.3) is 0 Å². The van der Waals surface area contributed by atoms with Gasteiger partial charge in [-0.2, -0.15) is 0 Å². The maximum Gasteiger partial charge on any atom is 0.145 e. The Morgan fingerprint density at radius 1 is 0.306 bits per heavy atom. The Kier molecular flexibility index (Phi) is 7.60. The number of rotatable bonds is 5. The topological polar surface area (TPSA) is 21.1 Å². The van der Waals surface area contributed by atoms with Crippen molar-refractivity contribution in [1.29, 1.82) is 0 Å². The summed E-state index contributed by atoms with van der Waals surface area (Å²) in [4.78, 5) is 7.67. The van der Waals surface area contributed by atoms with Gasteiger partial charge in [-0.1, -0.05) is 170 Å². The lowest BCUT2D eigenvalue weighted by Crippen LogP contribution is -2.18. The van der Waals surface area contributed by atoms with Crippen molar-refractivity contribution in [3.05, 3.63) is 224 Å². The van der Waals surface area contributed by atoms with E-state index in [4.69, 9.17) is 4.98 Å². The zero-order valence-corrected chi connectivity index (χ0v) is 33.7. The van der Waals surface area contributed by atoms with Gasteiger partial charge in [-0.25, -0.2) is 4.98 Å². The van der Waals surface area contributed by atoms with Crippen molar-refractivity contribution in [2.45, 2.75) is 0 Å². The maximum absolute atomic E-state index is 5.26. The van der Waals surface area contributed by atoms with E-state index in [1.165, 1.54) is 65.3 Å². The third-order valence-corrected chi connectivity index (χ3v) is 12.8. The van der Waals surface area contributed by atoms with Gasteiger partial charge in [0.2, 0.25) is 0 Å². The molecule has 62 heavy (non-hydrogen) atoms. The van der Waals surface area contributed by atoms with Crippen LogP contribution in [0.4, 0.5) is 17.1 Å². The Balaban J connectivity index is 1.08. The summed E-state index contributed by atoms with van der Waals surface area (Å²) < 4.78 is 2.36. The molecule has 1 aliphatic rings. The summed E-state index contributed by atoms with van der Waals surface area (Å²) in [6.45, 7) is 0. The zero-order valence-electron chi connectivity index (χ0n) is 33.7. The Hall–Kier alpha value is -8.27. The monoisotopic (exact) mass is 787 g/mol. The molecule has 0 unspecified atom stereocenters. The average Bonchev–Trinajstić information content (AvgIpc) is 3.74. The quantitative estimate of drug-likeness (QED) is 0.162. The molecule has 0 saturated carbocycles. The average molecular weight is 788 g/mol. The molecule has 13 rings (SSSR count). The minimum Gasteiger partial charge on any atom is -0.306 e. The van der Waals surface area contributed by atoms with Crippen molar-refractivity contribution in [2.75, 3.05) is 4.90 Å². The van der Waals surface area contributed by atoms with E-state index in [9.17, 15) is 0 Å². The second-order valence-electron chi connectivity index (χ2n) is 16.3. The van der Waals surface area contributed by atoms with Gasteiger partial charge < -0.3 is 4.90 Å². The summed E-state index contributed by atoms with van der Waals surface area (Å²) in [5, 5.41) is 9.90. The Bertz CT molecular complexity index is 3750. The molecule has 1 aliphatic heterocycles. The number of aromatic nitrogens is 2. The standard InChI is InChI=1S/C59H37N3/c1-3-16-40(17-4-1)59-60-52-24-13-25-54-58(52)62(59)53-33-31-44(37-55(53)61(54)47-20-5-2-6-21-47)43-30-32-50-51(36-43)57(46-29-27-39-15-8-10-19-42(39)35-46)49-23-12-11-22-48(49)56(50)45-28-26-38-14-7-9-18-41(38)34-45/h1-37H. The molecule has 0 saturated heterocycles. The van der Waals surface area contributed by atoms with Gasteiger partial charge in [0.1, 0.15) is 5.82 Å². The first-order valence-electron chi connectivity index (χ1n) is 21.3. The van der Waals surface area contributed by atoms with Crippen molar-refractivity contribution >= 4 is 71.2 Å². The highest BCUT2D eigenvalue weighted by molar-refractivity contribution is 6.22. The number of imidazole rings is 1. The molecule has 0 aliphatic carbocycles. The van der Waals surface area contributed by atoms with Gasteiger partial charge in [0.05, 0.1) is 28.1 Å². The van der Waals surface area contributed by atoms with Gasteiger partial charge in [0, 0.05) is 11.3 Å². The zero-order chi connectivity index (χ0) is 40.7. The van der Waals surface area contributed by atoms with Crippen LogP contribution >= 0.6 is 0 Å². The predicted molar refractivity (Wildman–Crippen MR) is 261 cm³/mol. The molecule has 0 spiro atoms. The number of hydrogen-bond donors (Lipinski definition) is 0. The Labute approximate surface area is 359 Å². The third-order valence-electron chi connectivity index (χ3n) is 12.8. The molecule has 0 atom stereocenters. The van der Waals surface area contributed by atoms with Crippen molar-refractivity contribution in [3.8, 4) is 50.5 Å². The van der Waals surface area contributed by atoms with Crippen LogP contribution in [0.25, 0.3) is 105 Å². The van der Waals surface area contributed by atoms with Crippen molar-refractivity contribution < 1.29 is 0 Å². The van der Waals surface area contributed by atoms with Gasteiger partial charge in [-0.3, -0.25) is 4.57 Å². The van der Waals surface area contributed by atoms with Crippen LogP contribution in [-0.2, 0) is 0 Å². The Morgan fingerprint density at radius 3 is 1.55 bits per heavy atom. The van der Waals surface area contributed by atoms with E-state index in [2.05, 4.69) is 234 Å². The molecule has 1 aromatic heterocycles. The number of anilines is 3. The largest absolute Gasteiger partial charge is 0.306 e. The molecule has 11 aromatic carbocycles. The lowest BCUT2D eigenvalue weighted by molar-refractivity contribution is 1.06. The van der Waals surface area contributed by atoms with Crippen LogP contribution in [0.15, 0.2) is 224 Å². The molecular formula is C59H37N3. The van der Waals surface area contributed by atoms with Gasteiger partial charge in [-0.05, 0) is 131 Å². The molecule has 12 aromatic rings. The fourth-order valence-electron chi connectivity index (χ4n) is 10.0. The van der Waals surface area contributed by atoms with Crippen LogP contribution in [0.3, 0.4) is 0 Å². The predicted octanol–water partition coefficient (Wildman–Crippen LogP) is 16.1. The molecule has 0 radical (unpaired) electrons. The van der Waals surface area contributed by atoms with E-state index in [0.717, 1.165) is 56.3 Å². The highest BCUT2D eigenvalue weighted by atomic mass is 15.2. The highest BCUT2D eigenvalue weighted by Crippen LogP contribution is 2.50. The summed E-state index contributed by atoms with van der Waals surface area (Å²) in [7, 11) is 0. The molecule has 0 N–H and O–H groups in total. The molecule has 3 heteroatoms. The van der Waals surface area contributed by atoms with E-state index < -0.39 is 0 Å². The second kappa shape index (κ2) is 13.6. The SMILES string of the molecule is c1ccc(-c2nc3cccc4c3n2-c2ccc(-c3ccc5c(-c6ccc7ccccc7c6)c6ccccc6c(-c6ccc7ccccc7c6)c5c3)cc2N4c2ccccc2)cc1. The molecular weight excluding hydrogens is 751 g/mol. The number of hydrogen-bond acceptors (Lipinski definition) is 2. The number of nitrogens with zero attached hydrogens (tertiary/aromatic N) is 3. The minimum atomic E-state index is 0.939. The van der Waals surface area contributed by atoms with Crippen LogP contribution in [0.1, 0.15) is 0 Å². The van der Waals surface area contributed by atoms with E-state index in [1.54, 1.807) is 0 Å². The van der Waals surface area contributed by atoms with Crippen LogP contribution in [0.2, 0.25) is 0 Å². The molecule has 2 heterocycles. The number of fused-ring (bicyclic) bond motifs is 6. The summed E-state index contributed by atoms with van der Waals surface area (Å²) in [5.41, 5.74) is 14.8.